The minimum Gasteiger partial charge on any atom is -0.461 e. The van der Waals surface area contributed by atoms with Crippen LogP contribution >= 0.6 is 7.37 Å². The van der Waals surface area contributed by atoms with Gasteiger partial charge in [0.05, 0.1) is 13.0 Å². The number of benzene rings is 2. The molecule has 4 nitrogen and oxygen atoms in total. The molecule has 0 aliphatic heterocycles. The van der Waals surface area contributed by atoms with Crippen molar-refractivity contribution in [2.45, 2.75) is 26.1 Å². The van der Waals surface area contributed by atoms with Gasteiger partial charge in [-0.05, 0) is 18.1 Å². The Morgan fingerprint density at radius 2 is 1.54 bits per heavy atom. The van der Waals surface area contributed by atoms with Crippen LogP contribution in [-0.4, -0.2) is 18.7 Å². The van der Waals surface area contributed by atoms with E-state index in [9.17, 15) is 9.36 Å². The van der Waals surface area contributed by atoms with Crippen LogP contribution in [0.15, 0.2) is 60.7 Å². The van der Waals surface area contributed by atoms with Crippen molar-refractivity contribution in [3.63, 3.8) is 0 Å². The normalized spacial score (nSPS) is 13.2. The van der Waals surface area contributed by atoms with Crippen LogP contribution in [0.3, 0.4) is 0 Å². The van der Waals surface area contributed by atoms with Crippen LogP contribution in [-0.2, 0) is 31.4 Å². The molecule has 0 aliphatic carbocycles. The fraction of sp³-hybridized carbons (Fsp3) is 0.316. The molecule has 2 rings (SSSR count). The van der Waals surface area contributed by atoms with Gasteiger partial charge in [0.25, 0.3) is 0 Å². The van der Waals surface area contributed by atoms with Gasteiger partial charge in [-0.15, -0.1) is 0 Å². The second-order valence-electron chi connectivity index (χ2n) is 5.50. The summed E-state index contributed by atoms with van der Waals surface area (Å²) in [5.41, 5.74) is 1.88. The molecule has 0 aromatic heterocycles. The number of carbonyl (C=O) groups is 1. The molecule has 0 N–H and O–H groups in total. The summed E-state index contributed by atoms with van der Waals surface area (Å²) in [6.45, 7) is 2.41. The highest BCUT2D eigenvalue weighted by molar-refractivity contribution is 7.58. The Morgan fingerprint density at radius 3 is 2.12 bits per heavy atom. The molecule has 0 heterocycles. The number of hydrogen-bond acceptors (Lipinski definition) is 4. The van der Waals surface area contributed by atoms with Crippen molar-refractivity contribution in [2.75, 3.05) is 12.8 Å². The van der Waals surface area contributed by atoms with Crippen molar-refractivity contribution in [3.05, 3.63) is 71.8 Å². The standard InChI is InChI=1S/C19H23O4P/c1-2-23-24(21,16-18-11-7-4-8-12-18)14-13-19(20)22-15-17-9-5-3-6-10-17/h3-12H,2,13-16H2,1H3. The first kappa shape index (κ1) is 18.4. The van der Waals surface area contributed by atoms with E-state index in [1.54, 1.807) is 0 Å². The molecule has 0 amide bonds. The molecule has 2 aromatic rings. The van der Waals surface area contributed by atoms with Crippen molar-refractivity contribution in [1.29, 1.82) is 0 Å². The molecule has 0 saturated carbocycles. The Morgan fingerprint density at radius 1 is 0.958 bits per heavy atom. The van der Waals surface area contributed by atoms with Gasteiger partial charge >= 0.3 is 5.97 Å². The smallest absolute Gasteiger partial charge is 0.306 e. The quantitative estimate of drug-likeness (QED) is 0.490. The lowest BCUT2D eigenvalue weighted by molar-refractivity contribution is -0.144. The lowest BCUT2D eigenvalue weighted by atomic mass is 10.2. The van der Waals surface area contributed by atoms with Crippen LogP contribution < -0.4 is 0 Å². The van der Waals surface area contributed by atoms with Crippen molar-refractivity contribution < 1.29 is 18.6 Å². The van der Waals surface area contributed by atoms with Crippen LogP contribution in [0.25, 0.3) is 0 Å². The Kier molecular flexibility index (Phi) is 7.23. The zero-order valence-electron chi connectivity index (χ0n) is 13.9. The maximum absolute atomic E-state index is 12.9. The number of carbonyl (C=O) groups excluding carboxylic acids is 1. The van der Waals surface area contributed by atoms with E-state index in [-0.39, 0.29) is 25.2 Å². The van der Waals surface area contributed by atoms with Gasteiger partial charge in [-0.25, -0.2) is 0 Å². The highest BCUT2D eigenvalue weighted by atomic mass is 31.2. The van der Waals surface area contributed by atoms with E-state index in [1.165, 1.54) is 0 Å². The van der Waals surface area contributed by atoms with Gasteiger partial charge in [0.1, 0.15) is 6.61 Å². The molecule has 0 saturated heterocycles. The third-order valence-corrected chi connectivity index (χ3v) is 6.01. The van der Waals surface area contributed by atoms with E-state index in [1.807, 2.05) is 67.6 Å². The predicted octanol–water partition coefficient (Wildman–Crippen LogP) is 4.63. The van der Waals surface area contributed by atoms with E-state index in [0.717, 1.165) is 11.1 Å². The summed E-state index contributed by atoms with van der Waals surface area (Å²) in [5.74, 6) is -0.355. The number of ether oxygens (including phenoxy) is 1. The highest BCUT2D eigenvalue weighted by Crippen LogP contribution is 2.50. The second-order valence-corrected chi connectivity index (χ2v) is 8.15. The van der Waals surface area contributed by atoms with Gasteiger partial charge in [0, 0.05) is 12.3 Å². The largest absolute Gasteiger partial charge is 0.461 e. The summed E-state index contributed by atoms with van der Waals surface area (Å²) in [4.78, 5) is 11.9. The summed E-state index contributed by atoms with van der Waals surface area (Å²) in [5, 5.41) is 0. The number of hydrogen-bond donors (Lipinski definition) is 0. The summed E-state index contributed by atoms with van der Waals surface area (Å²) in [6.07, 6.45) is 0.633. The minimum absolute atomic E-state index is 0.0942. The Balaban J connectivity index is 1.86. The second kappa shape index (κ2) is 9.41. The summed E-state index contributed by atoms with van der Waals surface area (Å²) in [7, 11) is -2.89. The Labute approximate surface area is 143 Å². The van der Waals surface area contributed by atoms with Crippen molar-refractivity contribution in [2.24, 2.45) is 0 Å². The molecule has 0 radical (unpaired) electrons. The van der Waals surface area contributed by atoms with Gasteiger partial charge in [0.2, 0.25) is 7.37 Å². The lowest BCUT2D eigenvalue weighted by Gasteiger charge is -2.17. The zero-order chi connectivity index (χ0) is 17.3. The first-order valence-corrected chi connectivity index (χ1v) is 10.1. The van der Waals surface area contributed by atoms with Crippen molar-refractivity contribution in [1.82, 2.24) is 0 Å². The van der Waals surface area contributed by atoms with Gasteiger partial charge in [-0.1, -0.05) is 60.7 Å². The SMILES string of the molecule is CCOP(=O)(CCC(=O)OCc1ccccc1)Cc1ccccc1. The van der Waals surface area contributed by atoms with Crippen molar-refractivity contribution >= 4 is 13.3 Å². The molecular weight excluding hydrogens is 323 g/mol. The monoisotopic (exact) mass is 346 g/mol. The third kappa shape index (κ3) is 6.31. The molecule has 128 valence electrons. The van der Waals surface area contributed by atoms with E-state index >= 15 is 0 Å². The maximum atomic E-state index is 12.9. The summed E-state index contributed by atoms with van der Waals surface area (Å²) < 4.78 is 23.7. The average molecular weight is 346 g/mol. The molecule has 0 fully saturated rings. The van der Waals surface area contributed by atoms with Crippen molar-refractivity contribution in [3.8, 4) is 0 Å². The van der Waals surface area contributed by atoms with Gasteiger partial charge in [-0.3, -0.25) is 9.36 Å². The Hall–Kier alpha value is -1.90. The third-order valence-electron chi connectivity index (χ3n) is 3.53. The topological polar surface area (TPSA) is 52.6 Å². The summed E-state index contributed by atoms with van der Waals surface area (Å²) >= 11 is 0. The molecule has 1 unspecified atom stereocenters. The first-order chi connectivity index (χ1) is 11.6. The maximum Gasteiger partial charge on any atom is 0.306 e. The van der Waals surface area contributed by atoms with E-state index < -0.39 is 7.37 Å². The molecule has 1 atom stereocenters. The molecule has 2 aromatic carbocycles. The van der Waals surface area contributed by atoms with Crippen LogP contribution in [0.2, 0.25) is 0 Å². The van der Waals surface area contributed by atoms with Crippen LogP contribution in [0.5, 0.6) is 0 Å². The fourth-order valence-electron chi connectivity index (χ4n) is 2.36. The molecule has 0 bridgehead atoms. The van der Waals surface area contributed by atoms with Crippen LogP contribution in [0.4, 0.5) is 0 Å². The average Bonchev–Trinajstić information content (AvgIpc) is 2.60. The number of rotatable bonds is 9. The fourth-order valence-corrected chi connectivity index (χ4v) is 4.50. The zero-order valence-corrected chi connectivity index (χ0v) is 14.8. The molecule has 5 heteroatoms. The first-order valence-electron chi connectivity index (χ1n) is 8.07. The Bertz CT molecular complexity index is 670. The molecular formula is C19H23O4P. The van der Waals surface area contributed by atoms with Crippen LogP contribution in [0.1, 0.15) is 24.5 Å². The van der Waals surface area contributed by atoms with E-state index in [4.69, 9.17) is 9.26 Å². The highest BCUT2D eigenvalue weighted by Gasteiger charge is 2.24. The van der Waals surface area contributed by atoms with Crippen LogP contribution in [0, 0.1) is 0 Å². The summed E-state index contributed by atoms with van der Waals surface area (Å²) in [6, 6.07) is 19.0. The molecule has 0 spiro atoms. The minimum atomic E-state index is -2.89. The molecule has 0 aliphatic rings. The predicted molar refractivity (Wildman–Crippen MR) is 95.1 cm³/mol. The molecule has 24 heavy (non-hydrogen) atoms. The number of esters is 1. The van der Waals surface area contributed by atoms with Gasteiger partial charge in [0.15, 0.2) is 0 Å². The van der Waals surface area contributed by atoms with E-state index in [2.05, 4.69) is 0 Å². The van der Waals surface area contributed by atoms with Gasteiger partial charge in [-0.2, -0.15) is 0 Å². The van der Waals surface area contributed by atoms with Gasteiger partial charge < -0.3 is 9.26 Å². The van der Waals surface area contributed by atoms with E-state index in [0.29, 0.717) is 12.8 Å². The lowest BCUT2D eigenvalue weighted by Crippen LogP contribution is -2.09.